The second kappa shape index (κ2) is 4.28. The molecule has 2 aromatic rings. The van der Waals surface area contributed by atoms with Gasteiger partial charge in [0, 0.05) is 18.1 Å². The average molecular weight is 247 g/mol. The molecule has 92 valence electrons. The van der Waals surface area contributed by atoms with E-state index in [-0.39, 0.29) is 28.2 Å². The monoisotopic (exact) mass is 247 g/mol. The molecule has 2 aromatic heterocycles. The van der Waals surface area contributed by atoms with Gasteiger partial charge in [0.15, 0.2) is 0 Å². The number of carbonyl (C=O) groups is 2. The first kappa shape index (κ1) is 11.8. The molecule has 0 unspecified atom stereocenters. The minimum Gasteiger partial charge on any atom is -0.478 e. The van der Waals surface area contributed by atoms with Crippen LogP contribution in [-0.2, 0) is 0 Å². The summed E-state index contributed by atoms with van der Waals surface area (Å²) in [7, 11) is 0. The van der Waals surface area contributed by atoms with Crippen LogP contribution in [0.25, 0.3) is 11.4 Å². The predicted octanol–water partition coefficient (Wildman–Crippen LogP) is 1.18. The minimum atomic E-state index is -1.32. The van der Waals surface area contributed by atoms with Gasteiger partial charge in [0.25, 0.3) is 0 Å². The van der Waals surface area contributed by atoms with E-state index in [1.54, 1.807) is 0 Å². The quantitative estimate of drug-likeness (QED) is 0.749. The van der Waals surface area contributed by atoms with Crippen molar-refractivity contribution in [3.8, 4) is 11.4 Å². The van der Waals surface area contributed by atoms with Gasteiger partial charge >= 0.3 is 11.9 Å². The number of rotatable bonds is 3. The third kappa shape index (κ3) is 1.81. The number of nitrogens with one attached hydrogen (secondary N) is 1. The van der Waals surface area contributed by atoms with Gasteiger partial charge in [-0.05, 0) is 6.92 Å². The maximum Gasteiger partial charge on any atom is 0.338 e. The number of aryl methyl sites for hydroxylation is 1. The van der Waals surface area contributed by atoms with Crippen molar-refractivity contribution in [3.63, 3.8) is 0 Å². The van der Waals surface area contributed by atoms with E-state index >= 15 is 0 Å². The molecule has 0 aliphatic heterocycles. The Kier molecular flexibility index (Phi) is 2.80. The largest absolute Gasteiger partial charge is 0.478 e. The molecule has 2 heterocycles. The summed E-state index contributed by atoms with van der Waals surface area (Å²) >= 11 is 0. The number of aromatic amines is 1. The van der Waals surface area contributed by atoms with Crippen molar-refractivity contribution in [2.75, 3.05) is 0 Å². The highest BCUT2D eigenvalue weighted by Crippen LogP contribution is 2.26. The van der Waals surface area contributed by atoms with Crippen molar-refractivity contribution < 1.29 is 19.8 Å². The van der Waals surface area contributed by atoms with Gasteiger partial charge in [-0.25, -0.2) is 9.59 Å². The lowest BCUT2D eigenvalue weighted by Crippen LogP contribution is -2.07. The topological polar surface area (TPSA) is 116 Å². The van der Waals surface area contributed by atoms with E-state index in [1.165, 1.54) is 25.5 Å². The number of carboxylic acid groups (broad SMARTS) is 2. The van der Waals surface area contributed by atoms with Gasteiger partial charge in [0.1, 0.15) is 11.3 Å². The number of nitrogens with zero attached hydrogens (tertiary/aromatic N) is 2. The zero-order valence-corrected chi connectivity index (χ0v) is 9.34. The molecular weight excluding hydrogens is 238 g/mol. The maximum atomic E-state index is 11.2. The third-order valence-electron chi connectivity index (χ3n) is 2.43. The normalized spacial score (nSPS) is 10.3. The number of hydrogen-bond donors (Lipinski definition) is 3. The van der Waals surface area contributed by atoms with E-state index in [1.807, 2.05) is 0 Å². The Balaban J connectivity index is 2.73. The van der Waals surface area contributed by atoms with Crippen LogP contribution in [0.3, 0.4) is 0 Å². The van der Waals surface area contributed by atoms with Crippen LogP contribution in [0.5, 0.6) is 0 Å². The molecular formula is C11H9N3O4. The van der Waals surface area contributed by atoms with Crippen LogP contribution in [0, 0.1) is 6.92 Å². The predicted molar refractivity (Wildman–Crippen MR) is 60.5 cm³/mol. The Morgan fingerprint density at radius 3 is 2.33 bits per heavy atom. The van der Waals surface area contributed by atoms with Crippen molar-refractivity contribution in [3.05, 3.63) is 35.4 Å². The first-order valence-electron chi connectivity index (χ1n) is 4.98. The van der Waals surface area contributed by atoms with Crippen LogP contribution < -0.4 is 0 Å². The lowest BCUT2D eigenvalue weighted by Gasteiger charge is -1.99. The Morgan fingerprint density at radius 2 is 1.83 bits per heavy atom. The van der Waals surface area contributed by atoms with Gasteiger partial charge in [-0.3, -0.25) is 9.97 Å². The summed E-state index contributed by atoms with van der Waals surface area (Å²) in [4.78, 5) is 32.8. The van der Waals surface area contributed by atoms with Gasteiger partial charge < -0.3 is 15.2 Å². The third-order valence-corrected chi connectivity index (χ3v) is 2.43. The summed E-state index contributed by atoms with van der Waals surface area (Å²) in [5.74, 6) is -2.62. The van der Waals surface area contributed by atoms with Crippen LogP contribution in [0.2, 0.25) is 0 Å². The van der Waals surface area contributed by atoms with E-state index in [2.05, 4.69) is 15.0 Å². The van der Waals surface area contributed by atoms with Gasteiger partial charge in [-0.1, -0.05) is 0 Å². The smallest absolute Gasteiger partial charge is 0.338 e. The number of hydrogen-bond acceptors (Lipinski definition) is 4. The first-order chi connectivity index (χ1) is 8.52. The molecule has 7 nitrogen and oxygen atoms in total. The van der Waals surface area contributed by atoms with Gasteiger partial charge in [0.05, 0.1) is 17.5 Å². The van der Waals surface area contributed by atoms with Crippen LogP contribution in [0.15, 0.2) is 18.6 Å². The Bertz CT molecular complexity index is 619. The van der Waals surface area contributed by atoms with Crippen LogP contribution >= 0.6 is 0 Å². The fourth-order valence-electron chi connectivity index (χ4n) is 1.73. The number of aromatic carboxylic acids is 2. The molecule has 0 saturated heterocycles. The van der Waals surface area contributed by atoms with E-state index in [9.17, 15) is 9.59 Å². The van der Waals surface area contributed by atoms with Crippen LogP contribution in [0.4, 0.5) is 0 Å². The molecule has 0 amide bonds. The molecule has 0 saturated carbocycles. The zero-order valence-electron chi connectivity index (χ0n) is 9.34. The highest BCUT2D eigenvalue weighted by molar-refractivity contribution is 6.07. The molecule has 18 heavy (non-hydrogen) atoms. The average Bonchev–Trinajstić information content (AvgIpc) is 2.68. The first-order valence-corrected chi connectivity index (χ1v) is 4.98. The summed E-state index contributed by atoms with van der Waals surface area (Å²) in [5, 5.41) is 18.2. The Labute approximate surface area is 101 Å². The van der Waals surface area contributed by atoms with E-state index in [0.717, 1.165) is 0 Å². The van der Waals surface area contributed by atoms with Crippen molar-refractivity contribution in [1.82, 2.24) is 15.0 Å². The van der Waals surface area contributed by atoms with Crippen molar-refractivity contribution in [2.24, 2.45) is 0 Å². The van der Waals surface area contributed by atoms with Gasteiger partial charge in [-0.15, -0.1) is 0 Å². The highest BCUT2D eigenvalue weighted by atomic mass is 16.4. The van der Waals surface area contributed by atoms with E-state index in [0.29, 0.717) is 0 Å². The fourth-order valence-corrected chi connectivity index (χ4v) is 1.73. The molecule has 0 aliphatic rings. The molecule has 0 atom stereocenters. The summed E-state index contributed by atoms with van der Waals surface area (Å²) in [6, 6.07) is 0. The molecule has 7 heteroatoms. The standard InChI is InChI=1S/C11H9N3O4/c1-5-7(10(15)16)8(11(17)18)9(14-5)6-4-12-2-3-13-6/h2-4,14H,1H3,(H,15,16)(H,17,18). The molecule has 0 spiro atoms. The van der Waals surface area contributed by atoms with E-state index in [4.69, 9.17) is 10.2 Å². The summed E-state index contributed by atoms with van der Waals surface area (Å²) in [6.07, 6.45) is 4.21. The lowest BCUT2D eigenvalue weighted by atomic mass is 10.1. The van der Waals surface area contributed by atoms with Crippen LogP contribution in [-0.4, -0.2) is 37.1 Å². The number of H-pyrrole nitrogens is 1. The van der Waals surface area contributed by atoms with Crippen LogP contribution in [0.1, 0.15) is 26.4 Å². The van der Waals surface area contributed by atoms with E-state index < -0.39 is 11.9 Å². The van der Waals surface area contributed by atoms with Crippen molar-refractivity contribution in [1.29, 1.82) is 0 Å². The lowest BCUT2D eigenvalue weighted by molar-refractivity contribution is 0.0652. The SMILES string of the molecule is Cc1[nH]c(-c2cnccn2)c(C(=O)O)c1C(=O)O. The van der Waals surface area contributed by atoms with Gasteiger partial charge in [0.2, 0.25) is 0 Å². The fraction of sp³-hybridized carbons (Fsp3) is 0.0909. The molecule has 0 radical (unpaired) electrons. The minimum absolute atomic E-state index is 0.144. The molecule has 0 bridgehead atoms. The van der Waals surface area contributed by atoms with Crippen molar-refractivity contribution in [2.45, 2.75) is 6.92 Å². The zero-order chi connectivity index (χ0) is 13.3. The Morgan fingerprint density at radius 1 is 1.17 bits per heavy atom. The maximum absolute atomic E-state index is 11.2. The van der Waals surface area contributed by atoms with Crippen molar-refractivity contribution >= 4 is 11.9 Å². The second-order valence-electron chi connectivity index (χ2n) is 3.58. The molecule has 2 rings (SSSR count). The second-order valence-corrected chi connectivity index (χ2v) is 3.58. The molecule has 0 fully saturated rings. The van der Waals surface area contributed by atoms with Gasteiger partial charge in [-0.2, -0.15) is 0 Å². The Hall–Kier alpha value is -2.70. The summed E-state index contributed by atoms with van der Waals surface area (Å²) in [5.41, 5.74) is 0.125. The number of carboxylic acids is 2. The summed E-state index contributed by atoms with van der Waals surface area (Å²) in [6.45, 7) is 1.50. The molecule has 0 aromatic carbocycles. The number of aromatic nitrogens is 3. The molecule has 3 N–H and O–H groups in total. The molecule has 0 aliphatic carbocycles. The highest BCUT2D eigenvalue weighted by Gasteiger charge is 2.26. The summed E-state index contributed by atoms with van der Waals surface area (Å²) < 4.78 is 0.